The van der Waals surface area contributed by atoms with Crippen LogP contribution in [0.2, 0.25) is 0 Å². The number of benzene rings is 1. The van der Waals surface area contributed by atoms with E-state index in [9.17, 15) is 19.7 Å². The fourth-order valence-electron chi connectivity index (χ4n) is 2.13. The first-order chi connectivity index (χ1) is 12.4. The third-order valence-electron chi connectivity index (χ3n) is 3.48. The Morgan fingerprint density at radius 3 is 2.73 bits per heavy atom. The molecular formula is C17H18N2O6S. The highest BCUT2D eigenvalue weighted by atomic mass is 32.1. The van der Waals surface area contributed by atoms with Crippen molar-refractivity contribution in [2.24, 2.45) is 0 Å². The Labute approximate surface area is 153 Å². The predicted molar refractivity (Wildman–Crippen MR) is 96.5 cm³/mol. The Morgan fingerprint density at radius 1 is 1.35 bits per heavy atom. The number of hydrogen-bond acceptors (Lipinski definition) is 7. The standard InChI is InChI=1S/C17H18N2O6S/c1-11(25-16(20)8-6-13-4-3-9-26-13)17(21)18-14-10-12(19(22)23)5-7-15(14)24-2/h3-5,7,9-11H,6,8H2,1-2H3,(H,18,21)/t11-/m0/s1. The second-order valence-corrected chi connectivity index (χ2v) is 6.37. The van der Waals surface area contributed by atoms with Gasteiger partial charge in [0, 0.05) is 17.0 Å². The lowest BCUT2D eigenvalue weighted by molar-refractivity contribution is -0.384. The SMILES string of the molecule is COc1ccc([N+](=O)[O-])cc1NC(=O)[C@H](C)OC(=O)CCc1cccs1. The molecule has 0 radical (unpaired) electrons. The van der Waals surface area contributed by atoms with Gasteiger partial charge in [0.1, 0.15) is 5.75 Å². The Hall–Kier alpha value is -2.94. The Kier molecular flexibility index (Phi) is 6.67. The lowest BCUT2D eigenvalue weighted by Crippen LogP contribution is -2.30. The van der Waals surface area contributed by atoms with E-state index in [1.165, 1.54) is 32.2 Å². The number of anilines is 1. The number of hydrogen-bond donors (Lipinski definition) is 1. The molecule has 0 aliphatic rings. The lowest BCUT2D eigenvalue weighted by Gasteiger charge is -2.15. The molecule has 0 saturated carbocycles. The first-order valence-electron chi connectivity index (χ1n) is 7.76. The van der Waals surface area contributed by atoms with Gasteiger partial charge in [-0.25, -0.2) is 0 Å². The molecule has 1 N–H and O–H groups in total. The number of methoxy groups -OCH3 is 1. The number of ether oxygens (including phenoxy) is 2. The molecule has 2 aromatic rings. The van der Waals surface area contributed by atoms with Crippen LogP contribution in [0.4, 0.5) is 11.4 Å². The number of non-ortho nitro benzene ring substituents is 1. The molecule has 1 atom stereocenters. The maximum atomic E-state index is 12.2. The van der Waals surface area contributed by atoms with Gasteiger partial charge in [-0.15, -0.1) is 11.3 Å². The number of nitrogens with one attached hydrogen (secondary N) is 1. The van der Waals surface area contributed by atoms with E-state index < -0.39 is 22.9 Å². The van der Waals surface area contributed by atoms with Crippen LogP contribution in [0.1, 0.15) is 18.2 Å². The molecule has 1 aromatic carbocycles. The first kappa shape index (κ1) is 19.4. The van der Waals surface area contributed by atoms with Gasteiger partial charge in [0.15, 0.2) is 6.10 Å². The van der Waals surface area contributed by atoms with Gasteiger partial charge < -0.3 is 14.8 Å². The molecule has 0 unspecified atom stereocenters. The quantitative estimate of drug-likeness (QED) is 0.429. The van der Waals surface area contributed by atoms with Gasteiger partial charge >= 0.3 is 5.97 Å². The topological polar surface area (TPSA) is 108 Å². The minimum atomic E-state index is -1.05. The first-order valence-corrected chi connectivity index (χ1v) is 8.64. The lowest BCUT2D eigenvalue weighted by atomic mass is 10.2. The van der Waals surface area contributed by atoms with Crippen LogP contribution < -0.4 is 10.1 Å². The van der Waals surface area contributed by atoms with Crippen molar-refractivity contribution >= 4 is 34.6 Å². The van der Waals surface area contributed by atoms with Crippen molar-refractivity contribution in [2.45, 2.75) is 25.9 Å². The summed E-state index contributed by atoms with van der Waals surface area (Å²) in [5.41, 5.74) is -0.0603. The molecule has 0 aliphatic carbocycles. The molecule has 8 nitrogen and oxygen atoms in total. The van der Waals surface area contributed by atoms with Crippen molar-refractivity contribution in [3.63, 3.8) is 0 Å². The van der Waals surface area contributed by atoms with Crippen LogP contribution in [-0.2, 0) is 20.7 Å². The summed E-state index contributed by atoms with van der Waals surface area (Å²) in [6.07, 6.45) is -0.336. The monoisotopic (exact) mass is 378 g/mol. The molecule has 2 rings (SSSR count). The minimum absolute atomic E-state index is 0.133. The smallest absolute Gasteiger partial charge is 0.306 e. The summed E-state index contributed by atoms with van der Waals surface area (Å²) < 4.78 is 10.2. The Bertz CT molecular complexity index is 791. The molecule has 0 fully saturated rings. The van der Waals surface area contributed by atoms with E-state index >= 15 is 0 Å². The predicted octanol–water partition coefficient (Wildman–Crippen LogP) is 3.17. The maximum Gasteiger partial charge on any atom is 0.306 e. The molecule has 0 spiro atoms. The number of nitrogens with zero attached hydrogens (tertiary/aromatic N) is 1. The van der Waals surface area contributed by atoms with E-state index in [0.29, 0.717) is 6.42 Å². The summed E-state index contributed by atoms with van der Waals surface area (Å²) >= 11 is 1.54. The molecule has 0 bridgehead atoms. The highest BCUT2D eigenvalue weighted by Gasteiger charge is 2.20. The summed E-state index contributed by atoms with van der Waals surface area (Å²) in [4.78, 5) is 35.4. The van der Waals surface area contributed by atoms with Gasteiger partial charge in [0.05, 0.1) is 24.1 Å². The molecule has 138 valence electrons. The third kappa shape index (κ3) is 5.28. The molecule has 1 amide bonds. The number of nitro benzene ring substituents is 1. The zero-order chi connectivity index (χ0) is 19.1. The molecule has 0 aliphatic heterocycles. The molecular weight excluding hydrogens is 360 g/mol. The summed E-state index contributed by atoms with van der Waals surface area (Å²) in [5, 5.41) is 15.3. The minimum Gasteiger partial charge on any atom is -0.495 e. The highest BCUT2D eigenvalue weighted by molar-refractivity contribution is 7.09. The van der Waals surface area contributed by atoms with Gasteiger partial charge in [-0.1, -0.05) is 6.07 Å². The van der Waals surface area contributed by atoms with Crippen LogP contribution in [-0.4, -0.2) is 30.0 Å². The van der Waals surface area contributed by atoms with Crippen LogP contribution in [0.25, 0.3) is 0 Å². The molecule has 26 heavy (non-hydrogen) atoms. The number of aryl methyl sites for hydroxylation is 1. The van der Waals surface area contributed by atoms with Crippen molar-refractivity contribution in [3.8, 4) is 5.75 Å². The average molecular weight is 378 g/mol. The maximum absolute atomic E-state index is 12.2. The van der Waals surface area contributed by atoms with E-state index in [1.54, 1.807) is 11.3 Å². The molecule has 9 heteroatoms. The van der Waals surface area contributed by atoms with E-state index in [-0.39, 0.29) is 23.5 Å². The van der Waals surface area contributed by atoms with Crippen molar-refractivity contribution in [1.82, 2.24) is 0 Å². The zero-order valence-electron chi connectivity index (χ0n) is 14.3. The van der Waals surface area contributed by atoms with E-state index in [4.69, 9.17) is 9.47 Å². The second-order valence-electron chi connectivity index (χ2n) is 5.34. The van der Waals surface area contributed by atoms with Crippen LogP contribution in [0, 0.1) is 10.1 Å². The number of amides is 1. The van der Waals surface area contributed by atoms with Gasteiger partial charge in [-0.05, 0) is 30.9 Å². The van der Waals surface area contributed by atoms with E-state index in [1.807, 2.05) is 17.5 Å². The number of thiophene rings is 1. The fraction of sp³-hybridized carbons (Fsp3) is 0.294. The average Bonchev–Trinajstić information content (AvgIpc) is 3.13. The molecule has 0 saturated heterocycles. The number of carbonyl (C=O) groups excluding carboxylic acids is 2. The van der Waals surface area contributed by atoms with Crippen molar-refractivity contribution in [1.29, 1.82) is 0 Å². The summed E-state index contributed by atoms with van der Waals surface area (Å²) in [6.45, 7) is 1.43. The third-order valence-corrected chi connectivity index (χ3v) is 4.42. The number of rotatable bonds is 8. The van der Waals surface area contributed by atoms with Crippen LogP contribution >= 0.6 is 11.3 Å². The zero-order valence-corrected chi connectivity index (χ0v) is 15.1. The normalized spacial score (nSPS) is 11.5. The van der Waals surface area contributed by atoms with Crippen molar-refractivity contribution < 1.29 is 24.0 Å². The number of nitro groups is 1. The largest absolute Gasteiger partial charge is 0.495 e. The van der Waals surface area contributed by atoms with Crippen LogP contribution in [0.3, 0.4) is 0 Å². The Morgan fingerprint density at radius 2 is 2.12 bits per heavy atom. The Balaban J connectivity index is 1.94. The highest BCUT2D eigenvalue weighted by Crippen LogP contribution is 2.29. The van der Waals surface area contributed by atoms with Gasteiger partial charge in [0.25, 0.3) is 11.6 Å². The van der Waals surface area contributed by atoms with Gasteiger partial charge in [-0.3, -0.25) is 19.7 Å². The number of esters is 1. The van der Waals surface area contributed by atoms with Gasteiger partial charge in [-0.2, -0.15) is 0 Å². The van der Waals surface area contributed by atoms with Crippen molar-refractivity contribution in [3.05, 3.63) is 50.7 Å². The van der Waals surface area contributed by atoms with Crippen LogP contribution in [0.15, 0.2) is 35.7 Å². The summed E-state index contributed by atoms with van der Waals surface area (Å²) in [5.74, 6) is -0.833. The van der Waals surface area contributed by atoms with Gasteiger partial charge in [0.2, 0.25) is 0 Å². The van der Waals surface area contributed by atoms with Crippen molar-refractivity contribution in [2.75, 3.05) is 12.4 Å². The second kappa shape index (κ2) is 8.95. The molecule has 1 aromatic heterocycles. The number of carbonyl (C=O) groups is 2. The molecule has 1 heterocycles. The summed E-state index contributed by atoms with van der Waals surface area (Å²) in [7, 11) is 1.38. The van der Waals surface area contributed by atoms with Crippen LogP contribution in [0.5, 0.6) is 5.75 Å². The van der Waals surface area contributed by atoms with E-state index in [0.717, 1.165) is 4.88 Å². The summed E-state index contributed by atoms with van der Waals surface area (Å²) in [6, 6.07) is 7.65. The van der Waals surface area contributed by atoms with E-state index in [2.05, 4.69) is 5.32 Å². The fourth-order valence-corrected chi connectivity index (χ4v) is 2.84.